The SMILES string of the molecule is CONC(=O)Nc1ccc(-c2sc(N(C)Cc3c(F)cccc3F)c(C(=O)O)c2CN(C)Cc2ccccc2)cc1. The highest BCUT2D eigenvalue weighted by molar-refractivity contribution is 7.20. The molecule has 11 heteroatoms. The zero-order chi connectivity index (χ0) is 29.5. The second kappa shape index (κ2) is 13.4. The smallest absolute Gasteiger partial charge is 0.343 e. The molecule has 1 heterocycles. The molecule has 0 unspecified atom stereocenters. The van der Waals surface area contributed by atoms with Gasteiger partial charge in [-0.3, -0.25) is 9.74 Å². The van der Waals surface area contributed by atoms with Crippen LogP contribution in [0, 0.1) is 11.6 Å². The molecule has 4 aromatic rings. The summed E-state index contributed by atoms with van der Waals surface area (Å²) in [6.45, 7) is 0.730. The Labute approximate surface area is 240 Å². The molecule has 0 fully saturated rings. The average Bonchev–Trinajstić information content (AvgIpc) is 3.31. The third-order valence-electron chi connectivity index (χ3n) is 6.33. The molecule has 0 aliphatic heterocycles. The van der Waals surface area contributed by atoms with E-state index in [1.807, 2.05) is 42.3 Å². The number of halogens is 2. The molecule has 0 saturated carbocycles. The molecule has 4 rings (SSSR count). The monoisotopic (exact) mass is 580 g/mol. The lowest BCUT2D eigenvalue weighted by atomic mass is 10.0. The van der Waals surface area contributed by atoms with E-state index >= 15 is 0 Å². The Hall–Kier alpha value is -4.32. The van der Waals surface area contributed by atoms with Crippen LogP contribution >= 0.6 is 11.3 Å². The minimum Gasteiger partial charge on any atom is -0.478 e. The van der Waals surface area contributed by atoms with Crippen LogP contribution < -0.4 is 15.7 Å². The number of amides is 2. The van der Waals surface area contributed by atoms with Crippen molar-refractivity contribution in [3.63, 3.8) is 0 Å². The summed E-state index contributed by atoms with van der Waals surface area (Å²) in [5.41, 5.74) is 4.99. The predicted molar refractivity (Wildman–Crippen MR) is 156 cm³/mol. The fourth-order valence-corrected chi connectivity index (χ4v) is 5.76. The van der Waals surface area contributed by atoms with Crippen LogP contribution in [0.2, 0.25) is 0 Å². The normalized spacial score (nSPS) is 11.0. The zero-order valence-electron chi connectivity index (χ0n) is 22.8. The molecule has 0 spiro atoms. The summed E-state index contributed by atoms with van der Waals surface area (Å²) in [7, 11) is 4.84. The summed E-state index contributed by atoms with van der Waals surface area (Å²) >= 11 is 1.24. The van der Waals surface area contributed by atoms with Crippen molar-refractivity contribution in [3.8, 4) is 10.4 Å². The van der Waals surface area contributed by atoms with Crippen LogP contribution in [0.1, 0.15) is 27.0 Å². The maximum absolute atomic E-state index is 14.5. The summed E-state index contributed by atoms with van der Waals surface area (Å²) in [4.78, 5) is 33.4. The van der Waals surface area contributed by atoms with Gasteiger partial charge in [-0.05, 0) is 42.4 Å². The first-order valence-corrected chi connectivity index (χ1v) is 13.5. The molecule has 8 nitrogen and oxygen atoms in total. The zero-order valence-corrected chi connectivity index (χ0v) is 23.6. The van der Waals surface area contributed by atoms with Crippen molar-refractivity contribution in [2.45, 2.75) is 19.6 Å². The minimum absolute atomic E-state index is 0.0748. The lowest BCUT2D eigenvalue weighted by Crippen LogP contribution is -2.27. The fraction of sp³-hybridized carbons (Fsp3) is 0.200. The second-order valence-electron chi connectivity index (χ2n) is 9.45. The van der Waals surface area contributed by atoms with Gasteiger partial charge in [0.25, 0.3) is 0 Å². The molecule has 0 saturated heterocycles. The largest absolute Gasteiger partial charge is 0.478 e. The molecule has 0 aliphatic rings. The van der Waals surface area contributed by atoms with Gasteiger partial charge in [-0.25, -0.2) is 23.9 Å². The highest BCUT2D eigenvalue weighted by Crippen LogP contribution is 2.43. The summed E-state index contributed by atoms with van der Waals surface area (Å²) in [5.74, 6) is -2.54. The number of carboxylic acids is 1. The van der Waals surface area contributed by atoms with E-state index in [-0.39, 0.29) is 17.7 Å². The van der Waals surface area contributed by atoms with Crippen molar-refractivity contribution < 1.29 is 28.3 Å². The van der Waals surface area contributed by atoms with Crippen LogP contribution in [0.3, 0.4) is 0 Å². The minimum atomic E-state index is -1.14. The number of benzene rings is 3. The van der Waals surface area contributed by atoms with Gasteiger partial charge in [0.1, 0.15) is 16.6 Å². The van der Waals surface area contributed by atoms with E-state index in [2.05, 4.69) is 15.6 Å². The van der Waals surface area contributed by atoms with Crippen LogP contribution in [-0.4, -0.2) is 43.2 Å². The van der Waals surface area contributed by atoms with Gasteiger partial charge in [-0.2, -0.15) is 0 Å². The molecular weight excluding hydrogens is 550 g/mol. The van der Waals surface area contributed by atoms with E-state index in [0.717, 1.165) is 11.1 Å². The lowest BCUT2D eigenvalue weighted by Gasteiger charge is -2.20. The third-order valence-corrected chi connectivity index (χ3v) is 7.72. The first-order valence-electron chi connectivity index (χ1n) is 12.6. The van der Waals surface area contributed by atoms with Gasteiger partial charge < -0.3 is 15.3 Å². The van der Waals surface area contributed by atoms with E-state index in [4.69, 9.17) is 0 Å². The quantitative estimate of drug-likeness (QED) is 0.179. The standard InChI is InChI=1S/C30H30F2N4O4S/c1-35(16-19-8-5-4-6-9-19)17-23-26(29(37)38)28(36(2)18-22-24(31)10-7-11-25(22)32)41-27(23)20-12-14-21(15-13-20)33-30(39)34-40-3/h4-15H,16-18H2,1-3H3,(H,37,38)(H2,33,34,39). The van der Waals surface area contributed by atoms with Gasteiger partial charge in [-0.15, -0.1) is 11.3 Å². The molecule has 214 valence electrons. The molecular formula is C30H30F2N4O4S. The Bertz CT molecular complexity index is 1490. The lowest BCUT2D eigenvalue weighted by molar-refractivity contribution is 0.0696. The average molecular weight is 581 g/mol. The van der Waals surface area contributed by atoms with Crippen molar-refractivity contribution in [2.75, 3.05) is 31.4 Å². The Kier molecular flexibility index (Phi) is 9.66. The summed E-state index contributed by atoms with van der Waals surface area (Å²) < 4.78 is 28.9. The molecule has 0 radical (unpaired) electrons. The number of hydroxylamine groups is 1. The predicted octanol–water partition coefficient (Wildman–Crippen LogP) is 6.34. The maximum atomic E-state index is 14.5. The van der Waals surface area contributed by atoms with Gasteiger partial charge >= 0.3 is 12.0 Å². The number of aromatic carboxylic acids is 1. The molecule has 0 aliphatic carbocycles. The Morgan fingerprint density at radius 2 is 1.54 bits per heavy atom. The van der Waals surface area contributed by atoms with E-state index < -0.39 is 23.6 Å². The van der Waals surface area contributed by atoms with Gasteiger partial charge in [0.15, 0.2) is 0 Å². The number of carbonyl (C=O) groups is 2. The summed E-state index contributed by atoms with van der Waals surface area (Å²) in [5, 5.41) is 13.4. The molecule has 3 aromatic carbocycles. The van der Waals surface area contributed by atoms with Crippen molar-refractivity contribution in [3.05, 3.63) is 107 Å². The molecule has 0 bridgehead atoms. The highest BCUT2D eigenvalue weighted by atomic mass is 32.1. The molecule has 0 atom stereocenters. The van der Waals surface area contributed by atoms with Crippen molar-refractivity contribution in [1.82, 2.24) is 10.4 Å². The number of nitrogens with zero attached hydrogens (tertiary/aromatic N) is 2. The fourth-order valence-electron chi connectivity index (χ4n) is 4.49. The molecule has 41 heavy (non-hydrogen) atoms. The van der Waals surface area contributed by atoms with E-state index in [0.29, 0.717) is 34.2 Å². The van der Waals surface area contributed by atoms with Gasteiger partial charge in [-0.1, -0.05) is 48.5 Å². The topological polar surface area (TPSA) is 94.1 Å². The van der Waals surface area contributed by atoms with Gasteiger partial charge in [0.05, 0.1) is 12.7 Å². The number of urea groups is 1. The van der Waals surface area contributed by atoms with Gasteiger partial charge in [0, 0.05) is 48.4 Å². The van der Waals surface area contributed by atoms with Crippen molar-refractivity contribution in [2.24, 2.45) is 0 Å². The van der Waals surface area contributed by atoms with E-state index in [1.165, 1.54) is 36.6 Å². The van der Waals surface area contributed by atoms with Crippen LogP contribution in [0.15, 0.2) is 72.8 Å². The number of hydrogen-bond donors (Lipinski definition) is 3. The number of rotatable bonds is 11. The van der Waals surface area contributed by atoms with Crippen molar-refractivity contribution in [1.29, 1.82) is 0 Å². The Morgan fingerprint density at radius 3 is 2.15 bits per heavy atom. The number of anilines is 2. The van der Waals surface area contributed by atoms with Crippen molar-refractivity contribution >= 4 is 34.0 Å². The molecule has 3 N–H and O–H groups in total. The first kappa shape index (κ1) is 29.7. The first-order chi connectivity index (χ1) is 19.7. The number of thiophene rings is 1. The maximum Gasteiger partial charge on any atom is 0.343 e. The summed E-state index contributed by atoms with van der Waals surface area (Å²) in [6, 6.07) is 19.9. The van der Waals surface area contributed by atoms with Crippen LogP contribution in [0.25, 0.3) is 10.4 Å². The molecule has 2 amide bonds. The number of hydrogen-bond acceptors (Lipinski definition) is 6. The summed E-state index contributed by atoms with van der Waals surface area (Å²) in [6.07, 6.45) is 0. The number of carboxylic acid groups (broad SMARTS) is 1. The van der Waals surface area contributed by atoms with Crippen LogP contribution in [0.4, 0.5) is 24.3 Å². The Balaban J connectivity index is 1.74. The van der Waals surface area contributed by atoms with Crippen LogP contribution in [-0.2, 0) is 24.5 Å². The van der Waals surface area contributed by atoms with E-state index in [1.54, 1.807) is 36.2 Å². The highest BCUT2D eigenvalue weighted by Gasteiger charge is 2.28. The third kappa shape index (κ3) is 7.26. The second-order valence-corrected chi connectivity index (χ2v) is 10.4. The molecule has 1 aromatic heterocycles. The number of nitrogens with one attached hydrogen (secondary N) is 2. The Morgan fingerprint density at radius 1 is 0.878 bits per heavy atom. The van der Waals surface area contributed by atoms with Gasteiger partial charge in [0.2, 0.25) is 0 Å². The van der Waals surface area contributed by atoms with Crippen LogP contribution in [0.5, 0.6) is 0 Å². The van der Waals surface area contributed by atoms with E-state index in [9.17, 15) is 23.5 Å². The number of carbonyl (C=O) groups excluding carboxylic acids is 1.